The average molecular weight is 386 g/mol. The molecular weight excluding hydrogens is 346 g/mol. The number of nitrogens with zero attached hydrogens (tertiary/aromatic N) is 2. The summed E-state index contributed by atoms with van der Waals surface area (Å²) in [5, 5.41) is 4.27. The molecule has 3 rings (SSSR count). The molecule has 1 fully saturated rings. The lowest BCUT2D eigenvalue weighted by molar-refractivity contribution is 0.111. The van der Waals surface area contributed by atoms with E-state index in [0.717, 1.165) is 30.0 Å². The highest BCUT2D eigenvalue weighted by Crippen LogP contribution is 2.24. The lowest BCUT2D eigenvalue weighted by Crippen LogP contribution is -2.04. The standard InChI is InChI=1S/C13H14N2O.C7H12.C2H7N.C2H6/c1-10-11(2)15(14-13(10)9-16)8-12-6-4-3-5-7-12;1-2-7-5-3-4-6-7;1-2-3;1-2/h3-7,9H,8H2,1-2H3;2,7H,1,3-6H2;2-3H2,1H3;1-2H3. The maximum Gasteiger partial charge on any atom is 0.170 e. The highest BCUT2D eigenvalue weighted by Gasteiger charge is 2.10. The second kappa shape index (κ2) is 15.8. The number of hydrogen-bond donors (Lipinski definition) is 1. The van der Waals surface area contributed by atoms with Gasteiger partial charge in [-0.05, 0) is 44.7 Å². The van der Waals surface area contributed by atoms with Crippen LogP contribution >= 0.6 is 0 Å². The van der Waals surface area contributed by atoms with E-state index in [0.29, 0.717) is 12.2 Å². The third-order valence-corrected chi connectivity index (χ3v) is 4.56. The molecule has 0 saturated heterocycles. The first-order valence-corrected chi connectivity index (χ1v) is 10.4. The van der Waals surface area contributed by atoms with Crippen LogP contribution in [0.5, 0.6) is 0 Å². The van der Waals surface area contributed by atoms with Gasteiger partial charge < -0.3 is 5.73 Å². The molecule has 1 saturated carbocycles. The zero-order valence-electron chi connectivity index (χ0n) is 18.4. The molecule has 0 radical (unpaired) electrons. The lowest BCUT2D eigenvalue weighted by atomic mass is 10.1. The third kappa shape index (κ3) is 9.14. The predicted octanol–water partition coefficient (Wildman–Crippen LogP) is 5.71. The average Bonchev–Trinajstić information content (AvgIpc) is 3.35. The molecule has 0 atom stereocenters. The first-order chi connectivity index (χ1) is 13.6. The van der Waals surface area contributed by atoms with Gasteiger partial charge in [0.2, 0.25) is 0 Å². The van der Waals surface area contributed by atoms with Crippen LogP contribution in [-0.2, 0) is 6.54 Å². The van der Waals surface area contributed by atoms with Crippen LogP contribution in [0.2, 0.25) is 0 Å². The van der Waals surface area contributed by atoms with Crippen LogP contribution in [0.15, 0.2) is 43.0 Å². The fourth-order valence-electron chi connectivity index (χ4n) is 2.87. The van der Waals surface area contributed by atoms with Gasteiger partial charge in [-0.15, -0.1) is 6.58 Å². The van der Waals surface area contributed by atoms with Crippen molar-refractivity contribution < 1.29 is 4.79 Å². The van der Waals surface area contributed by atoms with Crippen molar-refractivity contribution in [2.75, 3.05) is 6.54 Å². The molecule has 1 aromatic carbocycles. The van der Waals surface area contributed by atoms with Crippen LogP contribution < -0.4 is 5.73 Å². The third-order valence-electron chi connectivity index (χ3n) is 4.56. The summed E-state index contributed by atoms with van der Waals surface area (Å²) < 4.78 is 1.87. The van der Waals surface area contributed by atoms with E-state index in [-0.39, 0.29) is 0 Å². The van der Waals surface area contributed by atoms with Crippen LogP contribution in [0.4, 0.5) is 0 Å². The Balaban J connectivity index is 0.000000504. The number of aromatic nitrogens is 2. The molecule has 4 heteroatoms. The van der Waals surface area contributed by atoms with Crippen molar-refractivity contribution >= 4 is 6.29 Å². The lowest BCUT2D eigenvalue weighted by Gasteiger charge is -2.04. The predicted molar refractivity (Wildman–Crippen MR) is 121 cm³/mol. The van der Waals surface area contributed by atoms with Gasteiger partial charge in [0.25, 0.3) is 0 Å². The normalized spacial score (nSPS) is 12.5. The zero-order valence-corrected chi connectivity index (χ0v) is 18.4. The van der Waals surface area contributed by atoms with E-state index in [9.17, 15) is 4.79 Å². The fraction of sp³-hybridized carbons (Fsp3) is 0.500. The monoisotopic (exact) mass is 385 g/mol. The molecule has 1 heterocycles. The van der Waals surface area contributed by atoms with Crippen LogP contribution in [0, 0.1) is 19.8 Å². The number of aldehydes is 1. The SMILES string of the molecule is C=CC1CCCC1.CC.CCN.Cc1c(C=O)nn(Cc2ccccc2)c1C. The van der Waals surface area contributed by atoms with Crippen molar-refractivity contribution in [2.24, 2.45) is 11.7 Å². The number of rotatable bonds is 4. The summed E-state index contributed by atoms with van der Waals surface area (Å²) in [4.78, 5) is 10.8. The summed E-state index contributed by atoms with van der Waals surface area (Å²) in [7, 11) is 0. The highest BCUT2D eigenvalue weighted by molar-refractivity contribution is 5.74. The van der Waals surface area contributed by atoms with E-state index < -0.39 is 0 Å². The Morgan fingerprint density at radius 3 is 2.11 bits per heavy atom. The van der Waals surface area contributed by atoms with Crippen LogP contribution in [0.1, 0.15) is 73.8 Å². The van der Waals surface area contributed by atoms with E-state index in [2.05, 4.69) is 29.9 Å². The van der Waals surface area contributed by atoms with Gasteiger partial charge in [-0.2, -0.15) is 5.10 Å². The quantitative estimate of drug-likeness (QED) is 0.541. The number of allylic oxidation sites excluding steroid dienone is 1. The minimum atomic E-state index is 0.536. The van der Waals surface area contributed by atoms with Gasteiger partial charge in [-0.1, -0.05) is 70.0 Å². The van der Waals surface area contributed by atoms with E-state index in [1.807, 2.05) is 57.5 Å². The molecule has 156 valence electrons. The maximum atomic E-state index is 10.8. The smallest absolute Gasteiger partial charge is 0.170 e. The molecule has 0 unspecified atom stereocenters. The molecule has 2 N–H and O–H groups in total. The van der Waals surface area contributed by atoms with E-state index in [1.165, 1.54) is 31.2 Å². The topological polar surface area (TPSA) is 60.9 Å². The summed E-state index contributed by atoms with van der Waals surface area (Å²) in [6, 6.07) is 10.1. The zero-order chi connectivity index (χ0) is 21.4. The Hall–Kier alpha value is -2.20. The summed E-state index contributed by atoms with van der Waals surface area (Å²) in [6.45, 7) is 15.0. The Morgan fingerprint density at radius 2 is 1.71 bits per heavy atom. The summed E-state index contributed by atoms with van der Waals surface area (Å²) in [5.74, 6) is 0.861. The van der Waals surface area contributed by atoms with Crippen molar-refractivity contribution in [1.82, 2.24) is 9.78 Å². The Labute approximate surface area is 171 Å². The van der Waals surface area contributed by atoms with Crippen molar-refractivity contribution in [3.8, 4) is 0 Å². The summed E-state index contributed by atoms with van der Waals surface area (Å²) in [6.07, 6.45) is 8.54. The Bertz CT molecular complexity index is 656. The number of benzene rings is 1. The highest BCUT2D eigenvalue weighted by atomic mass is 16.1. The van der Waals surface area contributed by atoms with Gasteiger partial charge in [0.05, 0.1) is 6.54 Å². The van der Waals surface area contributed by atoms with Gasteiger partial charge in [0.1, 0.15) is 5.69 Å². The van der Waals surface area contributed by atoms with Gasteiger partial charge >= 0.3 is 0 Å². The maximum absolute atomic E-state index is 10.8. The number of nitrogens with two attached hydrogens (primary N) is 1. The fourth-order valence-corrected chi connectivity index (χ4v) is 2.87. The second-order valence-electron chi connectivity index (χ2n) is 6.55. The number of carbonyl (C=O) groups excluding carboxylic acids is 1. The minimum absolute atomic E-state index is 0.536. The molecule has 1 aliphatic rings. The van der Waals surface area contributed by atoms with E-state index in [1.54, 1.807) is 0 Å². The largest absolute Gasteiger partial charge is 0.331 e. The van der Waals surface area contributed by atoms with Crippen molar-refractivity contribution in [1.29, 1.82) is 0 Å². The number of carbonyl (C=O) groups is 1. The van der Waals surface area contributed by atoms with Crippen molar-refractivity contribution in [3.63, 3.8) is 0 Å². The molecule has 0 bridgehead atoms. The first kappa shape index (κ1) is 25.8. The molecule has 1 aliphatic carbocycles. The number of hydrogen-bond acceptors (Lipinski definition) is 3. The molecule has 2 aromatic rings. The molecule has 0 aliphatic heterocycles. The Morgan fingerprint density at radius 1 is 1.18 bits per heavy atom. The van der Waals surface area contributed by atoms with Crippen LogP contribution in [0.25, 0.3) is 0 Å². The van der Waals surface area contributed by atoms with Crippen LogP contribution in [0.3, 0.4) is 0 Å². The second-order valence-corrected chi connectivity index (χ2v) is 6.55. The van der Waals surface area contributed by atoms with Gasteiger partial charge in [0, 0.05) is 11.3 Å². The molecule has 1 aromatic heterocycles. The molecule has 4 nitrogen and oxygen atoms in total. The van der Waals surface area contributed by atoms with Crippen molar-refractivity contribution in [2.45, 2.75) is 66.8 Å². The molecule has 0 spiro atoms. The molecular formula is C24H39N3O. The van der Waals surface area contributed by atoms with Gasteiger partial charge in [-0.3, -0.25) is 9.48 Å². The summed E-state index contributed by atoms with van der Waals surface area (Å²) in [5.41, 5.74) is 8.58. The summed E-state index contributed by atoms with van der Waals surface area (Å²) >= 11 is 0. The molecule has 28 heavy (non-hydrogen) atoms. The minimum Gasteiger partial charge on any atom is -0.331 e. The van der Waals surface area contributed by atoms with E-state index in [4.69, 9.17) is 5.73 Å². The van der Waals surface area contributed by atoms with Crippen molar-refractivity contribution in [3.05, 3.63) is 65.5 Å². The van der Waals surface area contributed by atoms with Gasteiger partial charge in [-0.25, -0.2) is 0 Å². The van der Waals surface area contributed by atoms with Crippen LogP contribution in [-0.4, -0.2) is 22.6 Å². The molecule has 0 amide bonds. The van der Waals surface area contributed by atoms with E-state index >= 15 is 0 Å². The van der Waals surface area contributed by atoms with Gasteiger partial charge in [0.15, 0.2) is 6.29 Å². The Kier molecular flexibility index (Phi) is 14.6. The first-order valence-electron chi connectivity index (χ1n) is 10.4.